The van der Waals surface area contributed by atoms with E-state index in [0.717, 1.165) is 16.7 Å². The van der Waals surface area contributed by atoms with Crippen LogP contribution in [0.2, 0.25) is 0 Å². The summed E-state index contributed by atoms with van der Waals surface area (Å²) in [5.74, 6) is 6.00. The third-order valence-electron chi connectivity index (χ3n) is 3.20. The van der Waals surface area contributed by atoms with Gasteiger partial charge in [-0.1, -0.05) is 75.7 Å². The van der Waals surface area contributed by atoms with Gasteiger partial charge in [0, 0.05) is 21.9 Å². The minimum atomic E-state index is -0.307. The van der Waals surface area contributed by atoms with Gasteiger partial charge in [0.25, 0.3) is 0 Å². The van der Waals surface area contributed by atoms with Gasteiger partial charge in [-0.15, -0.1) is 0 Å². The van der Waals surface area contributed by atoms with Crippen LogP contribution in [0.25, 0.3) is 0 Å². The first-order valence-corrected chi connectivity index (χ1v) is 6.41. The van der Waals surface area contributed by atoms with Crippen LogP contribution in [-0.4, -0.2) is 5.37 Å². The molecule has 0 aromatic heterocycles. The number of hydrogen-bond acceptors (Lipinski definition) is 3. The highest BCUT2D eigenvalue weighted by atomic mass is 32.1. The van der Waals surface area contributed by atoms with E-state index in [0.29, 0.717) is 5.75 Å². The molecule has 0 heterocycles. The van der Waals surface area contributed by atoms with Crippen LogP contribution in [0, 0.1) is 0 Å². The van der Waals surface area contributed by atoms with Gasteiger partial charge in [-0.05, 0) is 5.57 Å². The van der Waals surface area contributed by atoms with Gasteiger partial charge in [-0.2, -0.15) is 5.90 Å². The number of nitrogens with two attached hydrogens (primary N) is 1. The molecule has 1 aromatic carbocycles. The molecule has 0 radical (unpaired) electrons. The van der Waals surface area contributed by atoms with Crippen molar-refractivity contribution in [3.63, 3.8) is 0 Å². The fourth-order valence-electron chi connectivity index (χ4n) is 2.09. The molecule has 0 unspecified atom stereocenters. The van der Waals surface area contributed by atoms with Crippen molar-refractivity contribution in [2.24, 2.45) is 5.90 Å². The highest BCUT2D eigenvalue weighted by molar-refractivity contribution is 7.79. The lowest BCUT2D eigenvalue weighted by Crippen LogP contribution is -2.22. The molecule has 0 amide bonds. The zero-order valence-electron chi connectivity index (χ0n) is 11.3. The van der Waals surface area contributed by atoms with Gasteiger partial charge in [-0.3, -0.25) is 0 Å². The molecular formula is C16H19NOS. The largest absolute Gasteiger partial charge is 0.411 e. The molecule has 0 aliphatic heterocycles. The Balaban J connectivity index is 3.51. The Kier molecular flexibility index (Phi) is 5.21. The van der Waals surface area contributed by atoms with Crippen molar-refractivity contribution in [2.75, 3.05) is 0 Å². The molecule has 0 aliphatic rings. The molecule has 1 rings (SSSR count). The molecule has 0 spiro atoms. The monoisotopic (exact) mass is 273 g/mol. The second-order valence-electron chi connectivity index (χ2n) is 4.65. The molecule has 19 heavy (non-hydrogen) atoms. The average Bonchev–Trinajstić information content (AvgIpc) is 2.43. The van der Waals surface area contributed by atoms with E-state index in [1.165, 1.54) is 0 Å². The highest BCUT2D eigenvalue weighted by Gasteiger charge is 2.28. The minimum Gasteiger partial charge on any atom is -0.411 e. The predicted molar refractivity (Wildman–Crippen MR) is 85.5 cm³/mol. The summed E-state index contributed by atoms with van der Waals surface area (Å²) in [5, 5.41) is 1.56. The van der Waals surface area contributed by atoms with E-state index in [2.05, 4.69) is 27.0 Å². The Hall–Kier alpha value is -1.71. The van der Waals surface area contributed by atoms with Crippen LogP contribution < -0.4 is 10.7 Å². The fraction of sp³-hybridized carbons (Fsp3) is 0.188. The van der Waals surface area contributed by atoms with Gasteiger partial charge in [0.05, 0.1) is 0 Å². The number of rotatable bonds is 6. The molecule has 0 aliphatic carbocycles. The molecule has 3 heteroatoms. The number of allylic oxidation sites excluding steroid dienone is 4. The normalized spacial score (nSPS) is 11.8. The lowest BCUT2D eigenvalue weighted by atomic mass is 9.76. The average molecular weight is 273 g/mol. The van der Waals surface area contributed by atoms with Gasteiger partial charge in [0.2, 0.25) is 0 Å². The first kappa shape index (κ1) is 15.3. The van der Waals surface area contributed by atoms with Gasteiger partial charge in [0.15, 0.2) is 5.75 Å². The molecule has 0 atom stereocenters. The summed E-state index contributed by atoms with van der Waals surface area (Å²) < 4.78 is 0. The van der Waals surface area contributed by atoms with E-state index in [-0.39, 0.29) is 5.41 Å². The van der Waals surface area contributed by atoms with Crippen molar-refractivity contribution in [1.82, 2.24) is 0 Å². The summed E-state index contributed by atoms with van der Waals surface area (Å²) in [6.07, 6.45) is 5.48. The van der Waals surface area contributed by atoms with Crippen molar-refractivity contribution in [3.05, 3.63) is 66.3 Å². The first-order valence-electron chi connectivity index (χ1n) is 5.94. The van der Waals surface area contributed by atoms with E-state index in [1.54, 1.807) is 11.4 Å². The molecule has 0 saturated heterocycles. The Morgan fingerprint density at radius 1 is 1.37 bits per heavy atom. The van der Waals surface area contributed by atoms with Crippen LogP contribution in [0.4, 0.5) is 0 Å². The van der Waals surface area contributed by atoms with Crippen molar-refractivity contribution >= 4 is 17.6 Å². The second kappa shape index (κ2) is 6.45. The summed E-state index contributed by atoms with van der Waals surface area (Å²) in [6, 6.07) is 5.79. The topological polar surface area (TPSA) is 35.2 Å². The van der Waals surface area contributed by atoms with E-state index in [1.807, 2.05) is 30.4 Å². The van der Waals surface area contributed by atoms with Gasteiger partial charge >= 0.3 is 0 Å². The van der Waals surface area contributed by atoms with E-state index in [4.69, 9.17) is 23.0 Å². The molecule has 0 saturated carbocycles. The Labute approximate surface area is 120 Å². The third kappa shape index (κ3) is 3.00. The quantitative estimate of drug-likeness (QED) is 0.485. The minimum absolute atomic E-state index is 0.307. The Morgan fingerprint density at radius 2 is 2.05 bits per heavy atom. The highest BCUT2D eigenvalue weighted by Crippen LogP contribution is 2.38. The van der Waals surface area contributed by atoms with Crippen LogP contribution in [0.1, 0.15) is 25.0 Å². The van der Waals surface area contributed by atoms with Crippen LogP contribution in [-0.2, 0) is 5.41 Å². The number of para-hydroxylation sites is 1. The van der Waals surface area contributed by atoms with E-state index in [9.17, 15) is 0 Å². The standard InChI is InChI=1S/C16H19NOS/c1-5-8-13(6-2)16(3,4)14-10-7-9-12(11-19)15(14)18-17/h5-11H,1-2,17H2,3-4H3/b13-8+. The lowest BCUT2D eigenvalue weighted by molar-refractivity contribution is 0.325. The maximum atomic E-state index is 5.41. The maximum absolute atomic E-state index is 5.41. The van der Waals surface area contributed by atoms with Gasteiger partial charge < -0.3 is 4.84 Å². The van der Waals surface area contributed by atoms with Gasteiger partial charge in [-0.25, -0.2) is 0 Å². The van der Waals surface area contributed by atoms with Crippen LogP contribution in [0.15, 0.2) is 55.2 Å². The molecule has 1 aromatic rings. The lowest BCUT2D eigenvalue weighted by Gasteiger charge is -2.29. The molecule has 0 bridgehead atoms. The van der Waals surface area contributed by atoms with Crippen molar-refractivity contribution in [2.45, 2.75) is 19.3 Å². The molecule has 2 N–H and O–H groups in total. The summed E-state index contributed by atoms with van der Waals surface area (Å²) in [7, 11) is 0. The van der Waals surface area contributed by atoms with E-state index < -0.39 is 0 Å². The van der Waals surface area contributed by atoms with Crippen LogP contribution in [0.5, 0.6) is 5.75 Å². The number of hydrogen-bond donors (Lipinski definition) is 1. The predicted octanol–water partition coefficient (Wildman–Crippen LogP) is 3.86. The molecule has 0 fully saturated rings. The number of thiocarbonyl (C=S) groups is 1. The summed E-state index contributed by atoms with van der Waals surface area (Å²) >= 11 is 4.99. The van der Waals surface area contributed by atoms with E-state index >= 15 is 0 Å². The Bertz CT molecular complexity index is 530. The fourth-order valence-corrected chi connectivity index (χ4v) is 2.27. The summed E-state index contributed by atoms with van der Waals surface area (Å²) in [6.45, 7) is 11.7. The summed E-state index contributed by atoms with van der Waals surface area (Å²) in [4.78, 5) is 5.04. The molecule has 100 valence electrons. The van der Waals surface area contributed by atoms with Crippen LogP contribution >= 0.6 is 12.2 Å². The smallest absolute Gasteiger partial charge is 0.158 e. The first-order chi connectivity index (χ1) is 9.02. The summed E-state index contributed by atoms with van der Waals surface area (Å²) in [5.41, 5.74) is 2.48. The molecular weight excluding hydrogens is 254 g/mol. The molecule has 2 nitrogen and oxygen atoms in total. The SMILES string of the molecule is C=C/C=C(\C=C)C(C)(C)c1cccc(C=S)c1ON. The van der Waals surface area contributed by atoms with Crippen molar-refractivity contribution in [1.29, 1.82) is 0 Å². The zero-order chi connectivity index (χ0) is 14.5. The van der Waals surface area contributed by atoms with Gasteiger partial charge in [0.1, 0.15) is 0 Å². The van der Waals surface area contributed by atoms with Crippen molar-refractivity contribution in [3.8, 4) is 5.75 Å². The number of benzene rings is 1. The maximum Gasteiger partial charge on any atom is 0.158 e. The second-order valence-corrected chi connectivity index (χ2v) is 4.88. The zero-order valence-corrected chi connectivity index (χ0v) is 12.2. The van der Waals surface area contributed by atoms with Crippen molar-refractivity contribution < 1.29 is 4.84 Å². The Morgan fingerprint density at radius 3 is 2.53 bits per heavy atom. The van der Waals surface area contributed by atoms with Crippen LogP contribution in [0.3, 0.4) is 0 Å². The third-order valence-corrected chi connectivity index (χ3v) is 3.46.